The van der Waals surface area contributed by atoms with Crippen LogP contribution >= 0.6 is 0 Å². The van der Waals surface area contributed by atoms with Crippen LogP contribution in [0.3, 0.4) is 0 Å². The lowest BCUT2D eigenvalue weighted by Gasteiger charge is -2.37. The Labute approximate surface area is 149 Å². The van der Waals surface area contributed by atoms with E-state index < -0.39 is 0 Å². The minimum atomic E-state index is 0.0576. The molecule has 0 bridgehead atoms. The first-order chi connectivity index (χ1) is 12.1. The first-order valence-corrected chi connectivity index (χ1v) is 8.75. The number of rotatable bonds is 5. The molecule has 5 nitrogen and oxygen atoms in total. The molecule has 5 heteroatoms. The summed E-state index contributed by atoms with van der Waals surface area (Å²) in [6.45, 7) is 3.61. The molecule has 0 aliphatic carbocycles. The van der Waals surface area contributed by atoms with Crippen LogP contribution in [0.25, 0.3) is 0 Å². The van der Waals surface area contributed by atoms with Gasteiger partial charge in [-0.2, -0.15) is 0 Å². The van der Waals surface area contributed by atoms with Gasteiger partial charge in [0.15, 0.2) is 6.61 Å². The number of amides is 1. The number of hydrogen-bond acceptors (Lipinski definition) is 4. The number of piperidine rings is 1. The molecule has 3 rings (SSSR count). The predicted octanol–water partition coefficient (Wildman–Crippen LogP) is 2.90. The van der Waals surface area contributed by atoms with E-state index in [2.05, 4.69) is 16.9 Å². The summed E-state index contributed by atoms with van der Waals surface area (Å²) in [4.78, 5) is 20.9. The normalized spacial score (nSPS) is 15.0. The summed E-state index contributed by atoms with van der Waals surface area (Å²) in [5, 5.41) is 0. The molecule has 0 saturated carbocycles. The van der Waals surface area contributed by atoms with E-state index in [-0.39, 0.29) is 12.5 Å². The van der Waals surface area contributed by atoms with E-state index in [4.69, 9.17) is 4.74 Å². The van der Waals surface area contributed by atoms with Crippen LogP contribution in [0.4, 0.5) is 5.82 Å². The average molecular weight is 339 g/mol. The van der Waals surface area contributed by atoms with Crippen molar-refractivity contribution < 1.29 is 9.53 Å². The van der Waals surface area contributed by atoms with Gasteiger partial charge in [0.2, 0.25) is 0 Å². The molecule has 1 amide bonds. The minimum Gasteiger partial charge on any atom is -0.484 e. The van der Waals surface area contributed by atoms with Crippen molar-refractivity contribution in [2.24, 2.45) is 0 Å². The van der Waals surface area contributed by atoms with Crippen molar-refractivity contribution >= 4 is 11.7 Å². The molecular formula is C20H25N3O2. The van der Waals surface area contributed by atoms with E-state index >= 15 is 0 Å². The third-order valence-electron chi connectivity index (χ3n) is 4.82. The smallest absolute Gasteiger partial charge is 0.260 e. The highest BCUT2D eigenvalue weighted by Crippen LogP contribution is 2.21. The highest BCUT2D eigenvalue weighted by atomic mass is 16.5. The number of carbonyl (C=O) groups excluding carboxylic acids is 1. The molecule has 1 saturated heterocycles. The van der Waals surface area contributed by atoms with Gasteiger partial charge in [-0.1, -0.05) is 24.3 Å². The summed E-state index contributed by atoms with van der Waals surface area (Å²) in [5.74, 6) is 1.82. The molecule has 0 N–H and O–H groups in total. The van der Waals surface area contributed by atoms with Gasteiger partial charge in [0, 0.05) is 32.4 Å². The van der Waals surface area contributed by atoms with Crippen molar-refractivity contribution in [2.45, 2.75) is 25.8 Å². The number of aryl methyl sites for hydroxylation is 1. The fraction of sp³-hybridized carbons (Fsp3) is 0.400. The lowest BCUT2D eigenvalue weighted by molar-refractivity contribution is -0.134. The van der Waals surface area contributed by atoms with E-state index in [0.717, 1.165) is 43.1 Å². The zero-order valence-electron chi connectivity index (χ0n) is 14.9. The van der Waals surface area contributed by atoms with Gasteiger partial charge in [-0.05, 0) is 43.5 Å². The fourth-order valence-electron chi connectivity index (χ4n) is 3.20. The van der Waals surface area contributed by atoms with E-state index in [1.54, 1.807) is 0 Å². The summed E-state index contributed by atoms with van der Waals surface area (Å²) in [5.41, 5.74) is 1.05. The molecule has 1 fully saturated rings. The number of pyridine rings is 1. The molecule has 1 aliphatic rings. The van der Waals surface area contributed by atoms with Gasteiger partial charge in [0.1, 0.15) is 11.6 Å². The van der Waals surface area contributed by atoms with Crippen LogP contribution in [0.1, 0.15) is 18.4 Å². The third kappa shape index (κ3) is 4.29. The maximum atomic E-state index is 12.4. The fourth-order valence-corrected chi connectivity index (χ4v) is 3.20. The van der Waals surface area contributed by atoms with Gasteiger partial charge in [0.25, 0.3) is 5.91 Å². The second-order valence-electron chi connectivity index (χ2n) is 6.46. The van der Waals surface area contributed by atoms with E-state index in [0.29, 0.717) is 6.04 Å². The lowest BCUT2D eigenvalue weighted by Crippen LogP contribution is -2.47. The molecule has 0 radical (unpaired) electrons. The molecule has 2 heterocycles. The SMILES string of the molecule is Cc1ccccc1OCC(=O)N1CCC(N(C)c2ccccn2)CC1. The summed E-state index contributed by atoms with van der Waals surface area (Å²) >= 11 is 0. The quantitative estimate of drug-likeness (QED) is 0.840. The molecule has 0 unspecified atom stereocenters. The van der Waals surface area contributed by atoms with Gasteiger partial charge in [-0.3, -0.25) is 4.79 Å². The Hall–Kier alpha value is -2.56. The monoisotopic (exact) mass is 339 g/mol. The molecule has 0 spiro atoms. The molecule has 2 aromatic rings. The van der Waals surface area contributed by atoms with Crippen molar-refractivity contribution in [3.05, 3.63) is 54.2 Å². The highest BCUT2D eigenvalue weighted by molar-refractivity contribution is 5.78. The van der Waals surface area contributed by atoms with Crippen LogP contribution in [0.15, 0.2) is 48.7 Å². The number of hydrogen-bond donors (Lipinski definition) is 0. The van der Waals surface area contributed by atoms with E-state index in [1.165, 1.54) is 0 Å². The summed E-state index contributed by atoms with van der Waals surface area (Å²) < 4.78 is 5.68. The largest absolute Gasteiger partial charge is 0.484 e. The van der Waals surface area contributed by atoms with Crippen LogP contribution in [0, 0.1) is 6.92 Å². The van der Waals surface area contributed by atoms with Crippen molar-refractivity contribution in [3.8, 4) is 5.75 Å². The van der Waals surface area contributed by atoms with Gasteiger partial charge < -0.3 is 14.5 Å². The Morgan fingerprint density at radius 1 is 1.20 bits per heavy atom. The Morgan fingerprint density at radius 3 is 2.60 bits per heavy atom. The van der Waals surface area contributed by atoms with Gasteiger partial charge in [-0.15, -0.1) is 0 Å². The lowest BCUT2D eigenvalue weighted by atomic mass is 10.0. The van der Waals surface area contributed by atoms with Crippen LogP contribution in [0.2, 0.25) is 0 Å². The minimum absolute atomic E-state index is 0.0576. The standard InChI is InChI=1S/C20H25N3O2/c1-16-7-3-4-8-18(16)25-15-20(24)23-13-10-17(11-14-23)22(2)19-9-5-6-12-21-19/h3-9,12,17H,10-11,13-15H2,1-2H3. The number of likely N-dealkylation sites (tertiary alicyclic amines) is 1. The van der Waals surface area contributed by atoms with Crippen LogP contribution in [-0.4, -0.2) is 48.6 Å². The number of ether oxygens (including phenoxy) is 1. The van der Waals surface area contributed by atoms with Crippen molar-refractivity contribution in [2.75, 3.05) is 31.6 Å². The molecule has 1 aromatic heterocycles. The Bertz CT molecular complexity index is 697. The van der Waals surface area contributed by atoms with Crippen LogP contribution < -0.4 is 9.64 Å². The molecule has 132 valence electrons. The second kappa shape index (κ2) is 8.01. The number of benzene rings is 1. The molecule has 1 aliphatic heterocycles. The first-order valence-electron chi connectivity index (χ1n) is 8.75. The number of aromatic nitrogens is 1. The van der Waals surface area contributed by atoms with Crippen LogP contribution in [-0.2, 0) is 4.79 Å². The zero-order chi connectivity index (χ0) is 17.6. The van der Waals surface area contributed by atoms with Crippen molar-refractivity contribution in [3.63, 3.8) is 0 Å². The molecule has 1 aromatic carbocycles. The van der Waals surface area contributed by atoms with Gasteiger partial charge in [0.05, 0.1) is 0 Å². The Balaban J connectivity index is 1.48. The first kappa shape index (κ1) is 17.3. The Kier molecular flexibility index (Phi) is 5.53. The van der Waals surface area contributed by atoms with E-state index in [9.17, 15) is 4.79 Å². The maximum Gasteiger partial charge on any atom is 0.260 e. The van der Waals surface area contributed by atoms with Gasteiger partial charge in [-0.25, -0.2) is 4.98 Å². The molecule has 0 atom stereocenters. The Morgan fingerprint density at radius 2 is 1.92 bits per heavy atom. The second-order valence-corrected chi connectivity index (χ2v) is 6.46. The van der Waals surface area contributed by atoms with Gasteiger partial charge >= 0.3 is 0 Å². The summed E-state index contributed by atoms with van der Waals surface area (Å²) in [6.07, 6.45) is 3.71. The third-order valence-corrected chi connectivity index (χ3v) is 4.82. The van der Waals surface area contributed by atoms with E-state index in [1.807, 2.05) is 60.5 Å². The number of para-hydroxylation sites is 1. The number of carbonyl (C=O) groups is 1. The summed E-state index contributed by atoms with van der Waals surface area (Å²) in [7, 11) is 2.08. The van der Waals surface area contributed by atoms with Crippen molar-refractivity contribution in [1.82, 2.24) is 9.88 Å². The van der Waals surface area contributed by atoms with Crippen LogP contribution in [0.5, 0.6) is 5.75 Å². The summed E-state index contributed by atoms with van der Waals surface area (Å²) in [6, 6.07) is 14.1. The molecule has 25 heavy (non-hydrogen) atoms. The number of nitrogens with zero attached hydrogens (tertiary/aromatic N) is 3. The zero-order valence-corrected chi connectivity index (χ0v) is 14.9. The predicted molar refractivity (Wildman–Crippen MR) is 98.9 cm³/mol. The topological polar surface area (TPSA) is 45.7 Å². The average Bonchev–Trinajstić information content (AvgIpc) is 2.67. The maximum absolute atomic E-state index is 12.4. The van der Waals surface area contributed by atoms with Crippen molar-refractivity contribution in [1.29, 1.82) is 0 Å². The highest BCUT2D eigenvalue weighted by Gasteiger charge is 2.26. The number of anilines is 1. The molecular weight excluding hydrogens is 314 g/mol.